The molecule has 148 valence electrons. The van der Waals surface area contributed by atoms with Crippen LogP contribution in [0.1, 0.15) is 44.1 Å². The fraction of sp³-hybridized carbons (Fsp3) is 0.591. The van der Waals surface area contributed by atoms with E-state index in [-0.39, 0.29) is 5.91 Å². The number of hydrogen-bond acceptors (Lipinski definition) is 4. The van der Waals surface area contributed by atoms with Gasteiger partial charge in [-0.1, -0.05) is 41.6 Å². The lowest BCUT2D eigenvalue weighted by molar-refractivity contribution is -0.120. The van der Waals surface area contributed by atoms with Crippen LogP contribution in [0.25, 0.3) is 11.4 Å². The normalized spacial score (nSPS) is 30.5. The van der Waals surface area contributed by atoms with Crippen molar-refractivity contribution in [2.75, 3.05) is 12.3 Å². The first-order valence-electron chi connectivity index (χ1n) is 10.5. The minimum absolute atomic E-state index is 0.0995. The molecule has 0 saturated heterocycles. The monoisotopic (exact) mass is 396 g/mol. The van der Waals surface area contributed by atoms with Gasteiger partial charge >= 0.3 is 0 Å². The molecule has 6 heteroatoms. The number of aromatic nitrogens is 3. The van der Waals surface area contributed by atoms with E-state index in [1.807, 2.05) is 12.1 Å². The van der Waals surface area contributed by atoms with Gasteiger partial charge in [0.2, 0.25) is 11.1 Å². The molecule has 28 heavy (non-hydrogen) atoms. The summed E-state index contributed by atoms with van der Waals surface area (Å²) in [5.41, 5.74) is 2.61. The number of nitrogens with zero attached hydrogens (tertiary/aromatic N) is 2. The number of carbonyl (C=O) groups is 1. The zero-order valence-corrected chi connectivity index (χ0v) is 17.2. The van der Waals surface area contributed by atoms with Crippen LogP contribution >= 0.6 is 11.8 Å². The molecule has 1 aromatic carbocycles. The summed E-state index contributed by atoms with van der Waals surface area (Å²) in [5, 5.41) is 11.1. The van der Waals surface area contributed by atoms with Crippen molar-refractivity contribution in [1.82, 2.24) is 20.5 Å². The summed E-state index contributed by atoms with van der Waals surface area (Å²) >= 11 is 1.40. The van der Waals surface area contributed by atoms with Crippen molar-refractivity contribution in [1.29, 1.82) is 0 Å². The van der Waals surface area contributed by atoms with E-state index in [0.29, 0.717) is 16.3 Å². The average molecular weight is 397 g/mol. The van der Waals surface area contributed by atoms with Crippen molar-refractivity contribution in [3.05, 3.63) is 29.8 Å². The van der Waals surface area contributed by atoms with Crippen LogP contribution in [0.5, 0.6) is 0 Å². The quantitative estimate of drug-likeness (QED) is 0.718. The number of nitrogens with one attached hydrogen (secondary N) is 2. The Morgan fingerprint density at radius 2 is 1.79 bits per heavy atom. The lowest BCUT2D eigenvalue weighted by atomic mass is 9.49. The van der Waals surface area contributed by atoms with Crippen LogP contribution in [0.4, 0.5) is 0 Å². The van der Waals surface area contributed by atoms with E-state index in [1.165, 1.54) is 55.9 Å². The number of thioether (sulfide) groups is 1. The van der Waals surface area contributed by atoms with Gasteiger partial charge in [0.15, 0.2) is 5.82 Å². The molecule has 5 nitrogen and oxygen atoms in total. The first-order valence-corrected chi connectivity index (χ1v) is 11.4. The fourth-order valence-electron chi connectivity index (χ4n) is 6.13. The standard InChI is InChI=1S/C22H28N4OS/c1-14-2-4-18(5-3-14)20-24-21(26-25-20)28-12-19(27)23-13-22-9-15-6-16(10-22)8-17(7-15)11-22/h2-5,15-17H,6-13H2,1H3,(H,23,27)(H,24,25,26). The summed E-state index contributed by atoms with van der Waals surface area (Å²) in [6.07, 6.45) is 8.30. The third-order valence-electron chi connectivity index (χ3n) is 6.95. The van der Waals surface area contributed by atoms with Gasteiger partial charge in [-0.25, -0.2) is 4.98 Å². The molecule has 4 fully saturated rings. The molecule has 0 aliphatic heterocycles. The van der Waals surface area contributed by atoms with Gasteiger partial charge in [0.05, 0.1) is 5.75 Å². The number of benzene rings is 1. The molecule has 0 unspecified atom stereocenters. The maximum absolute atomic E-state index is 12.4. The van der Waals surface area contributed by atoms with Crippen LogP contribution < -0.4 is 5.32 Å². The van der Waals surface area contributed by atoms with Crippen LogP contribution in [-0.4, -0.2) is 33.4 Å². The minimum Gasteiger partial charge on any atom is -0.355 e. The summed E-state index contributed by atoms with van der Waals surface area (Å²) in [6.45, 7) is 2.92. The van der Waals surface area contributed by atoms with Gasteiger partial charge in [0.25, 0.3) is 0 Å². The Bertz CT molecular complexity index is 824. The predicted octanol–water partition coefficient (Wildman–Crippen LogP) is 4.20. The van der Waals surface area contributed by atoms with Gasteiger partial charge in [-0.3, -0.25) is 9.89 Å². The molecular weight excluding hydrogens is 368 g/mol. The summed E-state index contributed by atoms with van der Waals surface area (Å²) in [6, 6.07) is 8.18. The van der Waals surface area contributed by atoms with Crippen molar-refractivity contribution < 1.29 is 4.79 Å². The zero-order valence-electron chi connectivity index (χ0n) is 16.4. The average Bonchev–Trinajstić information content (AvgIpc) is 3.13. The third-order valence-corrected chi connectivity index (χ3v) is 7.80. The number of aromatic amines is 1. The van der Waals surface area contributed by atoms with Gasteiger partial charge in [-0.15, -0.1) is 5.10 Å². The second-order valence-electron chi connectivity index (χ2n) is 9.32. The van der Waals surface area contributed by atoms with E-state index in [4.69, 9.17) is 0 Å². The minimum atomic E-state index is 0.0995. The SMILES string of the molecule is Cc1ccc(-c2nc(SCC(=O)NCC34CC5CC(CC(C5)C3)C4)n[nH]2)cc1. The van der Waals surface area contributed by atoms with Crippen molar-refractivity contribution in [3.63, 3.8) is 0 Å². The van der Waals surface area contributed by atoms with E-state index >= 15 is 0 Å². The highest BCUT2D eigenvalue weighted by molar-refractivity contribution is 7.99. The molecule has 2 aromatic rings. The van der Waals surface area contributed by atoms with Gasteiger partial charge < -0.3 is 5.32 Å². The highest BCUT2D eigenvalue weighted by atomic mass is 32.2. The molecule has 2 N–H and O–H groups in total. The molecule has 1 amide bonds. The zero-order chi connectivity index (χ0) is 19.1. The maximum Gasteiger partial charge on any atom is 0.230 e. The summed E-state index contributed by atoms with van der Waals surface area (Å²) < 4.78 is 0. The molecule has 1 heterocycles. The molecule has 4 aliphatic rings. The molecule has 4 bridgehead atoms. The third kappa shape index (κ3) is 3.71. The molecule has 0 spiro atoms. The van der Waals surface area contributed by atoms with Crippen LogP contribution in [0.3, 0.4) is 0 Å². The fourth-order valence-corrected chi connectivity index (χ4v) is 6.75. The summed E-state index contributed by atoms with van der Waals surface area (Å²) in [5.74, 6) is 3.99. The number of amides is 1. The van der Waals surface area contributed by atoms with E-state index in [9.17, 15) is 4.79 Å². The highest BCUT2D eigenvalue weighted by Gasteiger charge is 2.50. The lowest BCUT2D eigenvalue weighted by Crippen LogP contribution is -2.51. The first-order chi connectivity index (χ1) is 13.6. The summed E-state index contributed by atoms with van der Waals surface area (Å²) in [4.78, 5) is 16.9. The lowest BCUT2D eigenvalue weighted by Gasteiger charge is -2.56. The second-order valence-corrected chi connectivity index (χ2v) is 10.3. The largest absolute Gasteiger partial charge is 0.355 e. The van der Waals surface area contributed by atoms with Gasteiger partial charge in [-0.2, -0.15) is 0 Å². The summed E-state index contributed by atoms with van der Waals surface area (Å²) in [7, 11) is 0. The number of aryl methyl sites for hydroxylation is 1. The van der Waals surface area contributed by atoms with Crippen LogP contribution in [-0.2, 0) is 4.79 Å². The Morgan fingerprint density at radius 1 is 1.14 bits per heavy atom. The van der Waals surface area contributed by atoms with Crippen molar-refractivity contribution >= 4 is 17.7 Å². The van der Waals surface area contributed by atoms with Gasteiger partial charge in [0.1, 0.15) is 0 Å². The van der Waals surface area contributed by atoms with Crippen molar-refractivity contribution in [2.45, 2.75) is 50.6 Å². The molecule has 6 rings (SSSR count). The van der Waals surface area contributed by atoms with Crippen molar-refractivity contribution in [3.8, 4) is 11.4 Å². The van der Waals surface area contributed by atoms with E-state index in [1.54, 1.807) is 0 Å². The topological polar surface area (TPSA) is 70.7 Å². The van der Waals surface area contributed by atoms with Crippen LogP contribution in [0, 0.1) is 30.1 Å². The van der Waals surface area contributed by atoms with E-state index < -0.39 is 0 Å². The smallest absolute Gasteiger partial charge is 0.230 e. The van der Waals surface area contributed by atoms with E-state index in [0.717, 1.165) is 35.7 Å². The van der Waals surface area contributed by atoms with Crippen molar-refractivity contribution in [2.24, 2.45) is 23.2 Å². The molecule has 1 aromatic heterocycles. The Hall–Kier alpha value is -1.82. The highest BCUT2D eigenvalue weighted by Crippen LogP contribution is 2.59. The van der Waals surface area contributed by atoms with Crippen LogP contribution in [0.2, 0.25) is 0 Å². The Labute approximate surface area is 170 Å². The molecule has 0 atom stereocenters. The Kier molecular flexibility index (Phi) is 4.69. The Morgan fingerprint density at radius 3 is 2.43 bits per heavy atom. The number of H-pyrrole nitrogens is 1. The number of hydrogen-bond donors (Lipinski definition) is 2. The van der Waals surface area contributed by atoms with E-state index in [2.05, 4.69) is 39.6 Å². The number of rotatable bonds is 6. The molecular formula is C22H28N4OS. The maximum atomic E-state index is 12.4. The molecule has 0 radical (unpaired) electrons. The van der Waals surface area contributed by atoms with Gasteiger partial charge in [-0.05, 0) is 68.6 Å². The second kappa shape index (κ2) is 7.21. The molecule has 4 aliphatic carbocycles. The van der Waals surface area contributed by atoms with Crippen LogP contribution in [0.15, 0.2) is 29.4 Å². The number of carbonyl (C=O) groups excluding carboxylic acids is 1. The van der Waals surface area contributed by atoms with Gasteiger partial charge in [0, 0.05) is 12.1 Å². The predicted molar refractivity (Wildman–Crippen MR) is 111 cm³/mol. The Balaban J connectivity index is 1.13. The first kappa shape index (κ1) is 18.2. The molecule has 4 saturated carbocycles.